The monoisotopic (exact) mass is 193 g/mol. The first kappa shape index (κ1) is 12.8. The van der Waals surface area contributed by atoms with Crippen LogP contribution in [0.25, 0.3) is 0 Å². The van der Waals surface area contributed by atoms with Gasteiger partial charge in [0.25, 0.3) is 0 Å². The second kappa shape index (κ2) is 7.25. The van der Waals surface area contributed by atoms with Crippen LogP contribution in [0.15, 0.2) is 0 Å². The molecule has 1 N–H and O–H groups in total. The third-order valence-corrected chi connectivity index (χ3v) is 1.99. The number of unbranched alkanes of at least 4 members (excludes halogenated alkanes) is 1. The number of halogens is 2. The summed E-state index contributed by atoms with van der Waals surface area (Å²) in [7, 11) is 0. The van der Waals surface area contributed by atoms with Gasteiger partial charge in [0.2, 0.25) is 5.92 Å². The van der Waals surface area contributed by atoms with Gasteiger partial charge in [-0.3, -0.25) is 0 Å². The van der Waals surface area contributed by atoms with E-state index in [0.717, 1.165) is 19.4 Å². The highest BCUT2D eigenvalue weighted by molar-refractivity contribution is 4.67. The van der Waals surface area contributed by atoms with E-state index in [4.69, 9.17) is 0 Å². The Morgan fingerprint density at radius 2 is 1.69 bits per heavy atom. The summed E-state index contributed by atoms with van der Waals surface area (Å²) in [5.41, 5.74) is 0. The van der Waals surface area contributed by atoms with E-state index in [-0.39, 0.29) is 12.8 Å². The molecule has 0 atom stereocenters. The molecule has 0 radical (unpaired) electrons. The van der Waals surface area contributed by atoms with Crippen molar-refractivity contribution in [1.82, 2.24) is 5.32 Å². The third kappa shape index (κ3) is 8.16. The molecule has 0 spiro atoms. The number of hydrogen-bond donors (Lipinski definition) is 1. The quantitative estimate of drug-likeness (QED) is 0.584. The summed E-state index contributed by atoms with van der Waals surface area (Å²) in [5.74, 6) is -2.46. The molecule has 0 heterocycles. The molecule has 0 amide bonds. The van der Waals surface area contributed by atoms with Gasteiger partial charge in [0, 0.05) is 19.4 Å². The van der Waals surface area contributed by atoms with E-state index in [1.165, 1.54) is 0 Å². The normalized spacial score (nSPS) is 12.0. The second-order valence-electron chi connectivity index (χ2n) is 3.46. The van der Waals surface area contributed by atoms with Gasteiger partial charge < -0.3 is 5.32 Å². The Bertz CT molecular complexity index is 115. The molecule has 1 nitrogen and oxygen atoms in total. The van der Waals surface area contributed by atoms with E-state index < -0.39 is 5.92 Å². The second-order valence-corrected chi connectivity index (χ2v) is 3.46. The zero-order valence-corrected chi connectivity index (χ0v) is 8.71. The number of rotatable bonds is 8. The molecule has 0 aliphatic carbocycles. The van der Waals surface area contributed by atoms with Crippen LogP contribution in [0.3, 0.4) is 0 Å². The molecule has 0 saturated heterocycles. The Labute approximate surface area is 79.9 Å². The maximum atomic E-state index is 13.0. The molecule has 0 saturated carbocycles. The standard InChI is InChI=1S/C10H21F2N/c1-3-5-6-10(11,12)7-9-13-8-4-2/h13H,3-9H2,1-2H3. The van der Waals surface area contributed by atoms with E-state index >= 15 is 0 Å². The third-order valence-electron chi connectivity index (χ3n) is 1.99. The van der Waals surface area contributed by atoms with Crippen LogP contribution in [0.1, 0.15) is 46.0 Å². The molecule has 80 valence electrons. The van der Waals surface area contributed by atoms with Crippen molar-refractivity contribution in [2.75, 3.05) is 13.1 Å². The van der Waals surface area contributed by atoms with Gasteiger partial charge in [0.05, 0.1) is 0 Å². The Balaban J connectivity index is 3.39. The average molecular weight is 193 g/mol. The lowest BCUT2D eigenvalue weighted by Crippen LogP contribution is -2.25. The molecule has 0 unspecified atom stereocenters. The first-order valence-electron chi connectivity index (χ1n) is 5.21. The lowest BCUT2D eigenvalue weighted by atomic mass is 10.1. The van der Waals surface area contributed by atoms with Crippen LogP contribution in [-0.2, 0) is 0 Å². The zero-order chi connectivity index (χ0) is 10.2. The molecule has 3 heteroatoms. The maximum absolute atomic E-state index is 13.0. The van der Waals surface area contributed by atoms with Crippen LogP contribution >= 0.6 is 0 Å². The minimum atomic E-state index is -2.46. The van der Waals surface area contributed by atoms with Crippen molar-refractivity contribution >= 4 is 0 Å². The van der Waals surface area contributed by atoms with Crippen LogP contribution in [0.4, 0.5) is 8.78 Å². The van der Waals surface area contributed by atoms with Crippen LogP contribution in [0, 0.1) is 0 Å². The van der Waals surface area contributed by atoms with Crippen molar-refractivity contribution in [3.05, 3.63) is 0 Å². The lowest BCUT2D eigenvalue weighted by molar-refractivity contribution is -0.0173. The van der Waals surface area contributed by atoms with Gasteiger partial charge in [-0.1, -0.05) is 20.3 Å². The fraction of sp³-hybridized carbons (Fsp3) is 1.00. The molecule has 0 aromatic carbocycles. The van der Waals surface area contributed by atoms with E-state index in [1.807, 2.05) is 13.8 Å². The Morgan fingerprint density at radius 3 is 2.23 bits per heavy atom. The van der Waals surface area contributed by atoms with Crippen LogP contribution < -0.4 is 5.32 Å². The summed E-state index contributed by atoms with van der Waals surface area (Å²) < 4.78 is 26.0. The molecule has 0 aliphatic heterocycles. The van der Waals surface area contributed by atoms with Crippen molar-refractivity contribution in [3.8, 4) is 0 Å². The lowest BCUT2D eigenvalue weighted by Gasteiger charge is -2.15. The van der Waals surface area contributed by atoms with Gasteiger partial charge in [0.15, 0.2) is 0 Å². The molecular weight excluding hydrogens is 172 g/mol. The predicted octanol–water partition coefficient (Wildman–Crippen LogP) is 3.20. The minimum absolute atomic E-state index is 0.0208. The fourth-order valence-electron chi connectivity index (χ4n) is 1.13. The Hall–Kier alpha value is -0.180. The maximum Gasteiger partial charge on any atom is 0.249 e. The summed E-state index contributed by atoms with van der Waals surface area (Å²) in [6.45, 7) is 5.24. The molecular formula is C10H21F2N. The molecule has 0 fully saturated rings. The summed E-state index contributed by atoms with van der Waals surface area (Å²) in [4.78, 5) is 0. The van der Waals surface area contributed by atoms with Crippen molar-refractivity contribution in [3.63, 3.8) is 0 Å². The Morgan fingerprint density at radius 1 is 1.00 bits per heavy atom. The largest absolute Gasteiger partial charge is 0.317 e. The van der Waals surface area contributed by atoms with E-state index in [9.17, 15) is 8.78 Å². The van der Waals surface area contributed by atoms with Crippen molar-refractivity contribution < 1.29 is 8.78 Å². The fourth-order valence-corrected chi connectivity index (χ4v) is 1.13. The molecule has 13 heavy (non-hydrogen) atoms. The number of nitrogens with one attached hydrogen (secondary N) is 1. The van der Waals surface area contributed by atoms with Crippen molar-refractivity contribution in [1.29, 1.82) is 0 Å². The van der Waals surface area contributed by atoms with Gasteiger partial charge in [-0.25, -0.2) is 8.78 Å². The predicted molar refractivity (Wildman–Crippen MR) is 52.2 cm³/mol. The summed E-state index contributed by atoms with van der Waals surface area (Å²) in [6.07, 6.45) is 2.49. The summed E-state index contributed by atoms with van der Waals surface area (Å²) in [5, 5.41) is 2.99. The smallest absolute Gasteiger partial charge is 0.249 e. The molecule has 0 bridgehead atoms. The SMILES string of the molecule is CCCCC(F)(F)CCNCCC. The summed E-state index contributed by atoms with van der Waals surface area (Å²) >= 11 is 0. The van der Waals surface area contributed by atoms with Gasteiger partial charge >= 0.3 is 0 Å². The Kier molecular flexibility index (Phi) is 7.14. The van der Waals surface area contributed by atoms with Crippen molar-refractivity contribution in [2.45, 2.75) is 51.9 Å². The molecule has 0 aromatic heterocycles. The summed E-state index contributed by atoms with van der Waals surface area (Å²) in [6, 6.07) is 0. The van der Waals surface area contributed by atoms with E-state index in [1.54, 1.807) is 0 Å². The minimum Gasteiger partial charge on any atom is -0.317 e. The highest BCUT2D eigenvalue weighted by atomic mass is 19.3. The topological polar surface area (TPSA) is 12.0 Å². The van der Waals surface area contributed by atoms with Crippen LogP contribution in [0.2, 0.25) is 0 Å². The van der Waals surface area contributed by atoms with Gasteiger partial charge in [-0.15, -0.1) is 0 Å². The molecule has 0 rings (SSSR count). The van der Waals surface area contributed by atoms with Gasteiger partial charge in [-0.2, -0.15) is 0 Å². The highest BCUT2D eigenvalue weighted by Gasteiger charge is 2.26. The first-order valence-corrected chi connectivity index (χ1v) is 5.21. The number of hydrogen-bond acceptors (Lipinski definition) is 1. The molecule has 0 aliphatic rings. The van der Waals surface area contributed by atoms with Crippen LogP contribution in [-0.4, -0.2) is 19.0 Å². The first-order chi connectivity index (χ1) is 6.12. The van der Waals surface area contributed by atoms with E-state index in [2.05, 4.69) is 5.32 Å². The highest BCUT2D eigenvalue weighted by Crippen LogP contribution is 2.24. The van der Waals surface area contributed by atoms with Gasteiger partial charge in [-0.05, 0) is 19.4 Å². The average Bonchev–Trinajstić information content (AvgIpc) is 2.09. The van der Waals surface area contributed by atoms with E-state index in [0.29, 0.717) is 13.0 Å². The van der Waals surface area contributed by atoms with Gasteiger partial charge in [0.1, 0.15) is 0 Å². The molecule has 0 aromatic rings. The van der Waals surface area contributed by atoms with Crippen molar-refractivity contribution in [2.24, 2.45) is 0 Å². The zero-order valence-electron chi connectivity index (χ0n) is 8.71. The van der Waals surface area contributed by atoms with Crippen LogP contribution in [0.5, 0.6) is 0 Å². The number of alkyl halides is 2.